The molecule has 4 rings (SSSR count). The van der Waals surface area contributed by atoms with Crippen LogP contribution in [0, 0.1) is 27.7 Å². The lowest BCUT2D eigenvalue weighted by atomic mass is 10.1. The molecule has 0 radical (unpaired) electrons. The van der Waals surface area contributed by atoms with Crippen molar-refractivity contribution in [1.29, 1.82) is 0 Å². The summed E-state index contributed by atoms with van der Waals surface area (Å²) in [4.78, 5) is 12.8. The number of nitrogens with zero attached hydrogens (tertiary/aromatic N) is 3. The standard InChI is InChI=1S/C29H30N4O3S/c1-20-15-21(2)17-27(16-20)33-22(3)18-25(23(33)4)19-30-31-29(34)24-11-13-26(14-12-24)32(5)37(35,36)28-9-7-6-8-10-28/h6-19H,1-5H3,(H,31,34)/b30-19+. The van der Waals surface area contributed by atoms with Crippen molar-refractivity contribution in [2.45, 2.75) is 32.6 Å². The van der Waals surface area contributed by atoms with Crippen molar-refractivity contribution in [2.75, 3.05) is 11.4 Å². The van der Waals surface area contributed by atoms with Crippen molar-refractivity contribution in [1.82, 2.24) is 9.99 Å². The number of hydrazone groups is 1. The molecule has 0 saturated heterocycles. The summed E-state index contributed by atoms with van der Waals surface area (Å²) in [6, 6.07) is 23.0. The number of hydrogen-bond donors (Lipinski definition) is 1. The van der Waals surface area contributed by atoms with E-state index in [2.05, 4.69) is 47.1 Å². The van der Waals surface area contributed by atoms with Gasteiger partial charge >= 0.3 is 0 Å². The maximum Gasteiger partial charge on any atom is 0.271 e. The highest BCUT2D eigenvalue weighted by Gasteiger charge is 2.21. The van der Waals surface area contributed by atoms with E-state index >= 15 is 0 Å². The highest BCUT2D eigenvalue weighted by atomic mass is 32.2. The number of rotatable bonds is 7. The van der Waals surface area contributed by atoms with Crippen LogP contribution in [0.15, 0.2) is 88.9 Å². The number of benzene rings is 3. The number of carbonyl (C=O) groups is 1. The molecule has 0 aliphatic rings. The van der Waals surface area contributed by atoms with E-state index in [4.69, 9.17) is 0 Å². The van der Waals surface area contributed by atoms with Crippen molar-refractivity contribution in [3.8, 4) is 5.69 Å². The Labute approximate surface area is 218 Å². The normalized spacial score (nSPS) is 11.6. The van der Waals surface area contributed by atoms with Gasteiger partial charge in [-0.1, -0.05) is 24.3 Å². The fourth-order valence-corrected chi connectivity index (χ4v) is 5.55. The van der Waals surface area contributed by atoms with Crippen LogP contribution in [0.4, 0.5) is 5.69 Å². The lowest BCUT2D eigenvalue weighted by Crippen LogP contribution is -2.26. The van der Waals surface area contributed by atoms with Gasteiger partial charge in [-0.05, 0) is 93.4 Å². The second-order valence-corrected chi connectivity index (χ2v) is 11.0. The third kappa shape index (κ3) is 5.49. The van der Waals surface area contributed by atoms with Gasteiger partial charge in [0.1, 0.15) is 0 Å². The van der Waals surface area contributed by atoms with Crippen LogP contribution in [0.5, 0.6) is 0 Å². The molecule has 37 heavy (non-hydrogen) atoms. The molecule has 190 valence electrons. The van der Waals surface area contributed by atoms with Gasteiger partial charge in [-0.25, -0.2) is 13.8 Å². The van der Waals surface area contributed by atoms with E-state index in [0.29, 0.717) is 11.3 Å². The summed E-state index contributed by atoms with van der Waals surface area (Å²) < 4.78 is 29.0. The number of aromatic nitrogens is 1. The first-order chi connectivity index (χ1) is 17.6. The zero-order valence-electron chi connectivity index (χ0n) is 21.6. The van der Waals surface area contributed by atoms with Crippen LogP contribution in [-0.4, -0.2) is 32.2 Å². The van der Waals surface area contributed by atoms with Crippen LogP contribution < -0.4 is 9.73 Å². The maximum absolute atomic E-state index is 12.8. The Hall–Kier alpha value is -4.17. The van der Waals surface area contributed by atoms with Crippen LogP contribution in [0.1, 0.15) is 38.4 Å². The van der Waals surface area contributed by atoms with E-state index in [9.17, 15) is 13.2 Å². The van der Waals surface area contributed by atoms with Crippen LogP contribution in [-0.2, 0) is 10.0 Å². The fourth-order valence-electron chi connectivity index (χ4n) is 4.33. The largest absolute Gasteiger partial charge is 0.318 e. The van der Waals surface area contributed by atoms with Crippen molar-refractivity contribution in [3.05, 3.63) is 113 Å². The smallest absolute Gasteiger partial charge is 0.271 e. The minimum atomic E-state index is -3.69. The van der Waals surface area contributed by atoms with E-state index in [1.54, 1.807) is 60.8 Å². The molecule has 1 aromatic heterocycles. The monoisotopic (exact) mass is 514 g/mol. The van der Waals surface area contributed by atoms with Crippen molar-refractivity contribution >= 4 is 27.8 Å². The minimum absolute atomic E-state index is 0.200. The summed E-state index contributed by atoms with van der Waals surface area (Å²) in [6.45, 7) is 8.22. The zero-order valence-corrected chi connectivity index (χ0v) is 22.4. The number of carbonyl (C=O) groups excluding carboxylic acids is 1. The second-order valence-electron chi connectivity index (χ2n) is 9.04. The lowest BCUT2D eigenvalue weighted by molar-refractivity contribution is 0.0955. The van der Waals surface area contributed by atoms with Gasteiger partial charge in [0.2, 0.25) is 0 Å². The maximum atomic E-state index is 12.8. The number of nitrogens with one attached hydrogen (secondary N) is 1. The molecule has 0 saturated carbocycles. The predicted octanol–water partition coefficient (Wildman–Crippen LogP) is 5.30. The molecular weight excluding hydrogens is 484 g/mol. The molecule has 0 spiro atoms. The van der Waals surface area contributed by atoms with Crippen molar-refractivity contribution < 1.29 is 13.2 Å². The third-order valence-corrected chi connectivity index (χ3v) is 8.00. The van der Waals surface area contributed by atoms with Gasteiger partial charge in [-0.3, -0.25) is 9.10 Å². The van der Waals surface area contributed by atoms with Crippen LogP contribution in [0.25, 0.3) is 5.69 Å². The Morgan fingerprint density at radius 2 is 1.51 bits per heavy atom. The summed E-state index contributed by atoms with van der Waals surface area (Å²) in [5, 5.41) is 4.15. The predicted molar refractivity (Wildman–Crippen MR) is 148 cm³/mol. The topological polar surface area (TPSA) is 83.8 Å². The average Bonchev–Trinajstić information content (AvgIpc) is 3.16. The van der Waals surface area contributed by atoms with Gasteiger partial charge in [0.15, 0.2) is 0 Å². The minimum Gasteiger partial charge on any atom is -0.318 e. The van der Waals surface area contributed by atoms with E-state index in [-0.39, 0.29) is 10.8 Å². The summed E-state index contributed by atoms with van der Waals surface area (Å²) in [5.74, 6) is -0.389. The van der Waals surface area contributed by atoms with E-state index < -0.39 is 10.0 Å². The van der Waals surface area contributed by atoms with Gasteiger partial charge < -0.3 is 4.57 Å². The van der Waals surface area contributed by atoms with Gasteiger partial charge in [0.25, 0.3) is 15.9 Å². The quantitative estimate of drug-likeness (QED) is 0.268. The van der Waals surface area contributed by atoms with Crippen molar-refractivity contribution in [2.24, 2.45) is 5.10 Å². The Kier molecular flexibility index (Phi) is 7.31. The van der Waals surface area contributed by atoms with Gasteiger partial charge in [-0.15, -0.1) is 0 Å². The molecule has 1 heterocycles. The Balaban J connectivity index is 1.46. The molecule has 7 nitrogen and oxygen atoms in total. The lowest BCUT2D eigenvalue weighted by Gasteiger charge is -2.19. The summed E-state index contributed by atoms with van der Waals surface area (Å²) >= 11 is 0. The first-order valence-corrected chi connectivity index (χ1v) is 13.3. The molecule has 1 amide bonds. The number of hydrogen-bond acceptors (Lipinski definition) is 4. The van der Waals surface area contributed by atoms with E-state index in [0.717, 1.165) is 22.6 Å². The molecule has 0 unspecified atom stereocenters. The number of aryl methyl sites for hydroxylation is 3. The first kappa shape index (κ1) is 25.9. The highest BCUT2D eigenvalue weighted by molar-refractivity contribution is 7.92. The Bertz CT molecular complexity index is 1550. The molecule has 0 bridgehead atoms. The van der Waals surface area contributed by atoms with Gasteiger partial charge in [0.05, 0.1) is 16.8 Å². The van der Waals surface area contributed by atoms with Gasteiger partial charge in [0, 0.05) is 35.2 Å². The highest BCUT2D eigenvalue weighted by Crippen LogP contribution is 2.23. The van der Waals surface area contributed by atoms with Gasteiger partial charge in [-0.2, -0.15) is 5.10 Å². The first-order valence-electron chi connectivity index (χ1n) is 11.8. The number of sulfonamides is 1. The van der Waals surface area contributed by atoms with E-state index in [1.807, 2.05) is 19.9 Å². The van der Waals surface area contributed by atoms with Crippen LogP contribution >= 0.6 is 0 Å². The molecular formula is C29H30N4O3S. The Morgan fingerprint density at radius 1 is 0.892 bits per heavy atom. The zero-order chi connectivity index (χ0) is 26.7. The molecule has 0 aliphatic carbocycles. The summed E-state index contributed by atoms with van der Waals surface area (Å²) in [7, 11) is -2.21. The molecule has 0 fully saturated rings. The number of amides is 1. The molecule has 0 atom stereocenters. The van der Waals surface area contributed by atoms with Crippen LogP contribution in [0.2, 0.25) is 0 Å². The average molecular weight is 515 g/mol. The molecule has 1 N–H and O–H groups in total. The third-order valence-electron chi connectivity index (χ3n) is 6.20. The fraction of sp³-hybridized carbons (Fsp3) is 0.172. The van der Waals surface area contributed by atoms with E-state index in [1.165, 1.54) is 22.5 Å². The van der Waals surface area contributed by atoms with Crippen LogP contribution in [0.3, 0.4) is 0 Å². The summed E-state index contributed by atoms with van der Waals surface area (Å²) in [5.41, 5.74) is 9.85. The number of anilines is 1. The SMILES string of the molecule is Cc1cc(C)cc(-n2c(C)cc(/C=N/NC(=O)c3ccc(N(C)S(=O)(=O)c4ccccc4)cc3)c2C)c1. The molecule has 8 heteroatoms. The molecule has 0 aliphatic heterocycles. The second kappa shape index (κ2) is 10.4. The molecule has 4 aromatic rings. The molecule has 3 aromatic carbocycles. The Morgan fingerprint density at radius 3 is 2.14 bits per heavy atom. The van der Waals surface area contributed by atoms with Crippen molar-refractivity contribution in [3.63, 3.8) is 0 Å². The summed E-state index contributed by atoms with van der Waals surface area (Å²) in [6.07, 6.45) is 1.63.